The molecule has 1 saturated carbocycles. The zero-order valence-electron chi connectivity index (χ0n) is 11.4. The Balaban J connectivity index is 1.53. The molecule has 2 aliphatic rings. The smallest absolute Gasteiger partial charge is 0.0406 e. The first-order valence-corrected chi connectivity index (χ1v) is 7.92. The molecule has 0 aromatic heterocycles. The van der Waals surface area contributed by atoms with Gasteiger partial charge in [0.15, 0.2) is 0 Å². The van der Waals surface area contributed by atoms with E-state index in [1.807, 2.05) is 12.1 Å². The number of hydrogen-bond acceptors (Lipinski definition) is 2. The van der Waals surface area contributed by atoms with Crippen LogP contribution in [0.3, 0.4) is 0 Å². The molecule has 1 heterocycles. The van der Waals surface area contributed by atoms with Crippen LogP contribution in [0.25, 0.3) is 0 Å². The summed E-state index contributed by atoms with van der Waals surface area (Å²) in [7, 11) is 0. The Morgan fingerprint density at radius 2 is 1.84 bits per heavy atom. The lowest BCUT2D eigenvalue weighted by atomic mass is 10.0. The zero-order chi connectivity index (χ0) is 13.1. The third-order valence-electron chi connectivity index (χ3n) is 4.31. The fraction of sp³-hybridized carbons (Fsp3) is 0.625. The minimum atomic E-state index is 0.528. The molecule has 1 saturated heterocycles. The van der Waals surface area contributed by atoms with Crippen LogP contribution in [0.15, 0.2) is 24.3 Å². The molecule has 1 aromatic rings. The number of benzene rings is 1. The number of nitrogens with zero attached hydrogens (tertiary/aromatic N) is 1. The predicted molar refractivity (Wildman–Crippen MR) is 80.6 cm³/mol. The monoisotopic (exact) mass is 278 g/mol. The van der Waals surface area contributed by atoms with Gasteiger partial charge in [-0.3, -0.25) is 0 Å². The Kier molecular flexibility index (Phi) is 4.42. The van der Waals surface area contributed by atoms with Crippen molar-refractivity contribution < 1.29 is 0 Å². The number of likely N-dealkylation sites (tertiary alicyclic amines) is 1. The first-order chi connectivity index (χ1) is 9.33. The molecule has 0 spiro atoms. The Bertz CT molecular complexity index is 394. The standard InChI is InChI=1S/C16H23ClN2/c17-15-7-5-14(6-8-15)16(13-3-4-13)18-9-12-19-10-1-2-11-19/h5-8,13,16,18H,1-4,9-12H2. The largest absolute Gasteiger partial charge is 0.308 e. The van der Waals surface area contributed by atoms with Crippen LogP contribution in [0.1, 0.15) is 37.3 Å². The van der Waals surface area contributed by atoms with Gasteiger partial charge in [-0.25, -0.2) is 0 Å². The number of nitrogens with one attached hydrogen (secondary N) is 1. The van der Waals surface area contributed by atoms with Crippen LogP contribution < -0.4 is 5.32 Å². The molecule has 2 fully saturated rings. The molecule has 0 radical (unpaired) electrons. The Hall–Kier alpha value is -0.570. The maximum Gasteiger partial charge on any atom is 0.0406 e. The van der Waals surface area contributed by atoms with Gasteiger partial charge in [-0.1, -0.05) is 23.7 Å². The summed E-state index contributed by atoms with van der Waals surface area (Å²) in [4.78, 5) is 2.57. The Morgan fingerprint density at radius 3 is 2.47 bits per heavy atom. The summed E-state index contributed by atoms with van der Waals surface area (Å²) >= 11 is 5.97. The quantitative estimate of drug-likeness (QED) is 0.857. The van der Waals surface area contributed by atoms with Gasteiger partial charge in [0.1, 0.15) is 0 Å². The lowest BCUT2D eigenvalue weighted by molar-refractivity contribution is 0.323. The number of rotatable bonds is 6. The molecule has 1 aliphatic heterocycles. The minimum absolute atomic E-state index is 0.528. The molecule has 1 N–H and O–H groups in total. The first-order valence-electron chi connectivity index (χ1n) is 7.54. The molecule has 1 aliphatic carbocycles. The van der Waals surface area contributed by atoms with E-state index in [1.54, 1.807) is 0 Å². The molecule has 1 aromatic carbocycles. The van der Waals surface area contributed by atoms with E-state index in [0.29, 0.717) is 6.04 Å². The van der Waals surface area contributed by atoms with Crippen LogP contribution in [0.5, 0.6) is 0 Å². The van der Waals surface area contributed by atoms with E-state index in [4.69, 9.17) is 11.6 Å². The maximum absolute atomic E-state index is 5.97. The summed E-state index contributed by atoms with van der Waals surface area (Å²) in [5.41, 5.74) is 1.40. The van der Waals surface area contributed by atoms with Crippen LogP contribution in [0.2, 0.25) is 5.02 Å². The van der Waals surface area contributed by atoms with E-state index >= 15 is 0 Å². The van der Waals surface area contributed by atoms with Crippen LogP contribution in [-0.2, 0) is 0 Å². The second kappa shape index (κ2) is 6.25. The van der Waals surface area contributed by atoms with Gasteiger partial charge in [0.05, 0.1) is 0 Å². The van der Waals surface area contributed by atoms with Crippen molar-refractivity contribution in [3.8, 4) is 0 Å². The van der Waals surface area contributed by atoms with E-state index < -0.39 is 0 Å². The molecule has 1 unspecified atom stereocenters. The lowest BCUT2D eigenvalue weighted by Gasteiger charge is -2.21. The molecule has 19 heavy (non-hydrogen) atoms. The van der Waals surface area contributed by atoms with Gasteiger partial charge in [0, 0.05) is 24.2 Å². The molecule has 0 bridgehead atoms. The molecule has 0 amide bonds. The second-order valence-corrected chi connectivity index (χ2v) is 6.31. The summed E-state index contributed by atoms with van der Waals surface area (Å²) in [6.07, 6.45) is 5.49. The van der Waals surface area contributed by atoms with Gasteiger partial charge in [-0.15, -0.1) is 0 Å². The highest BCUT2D eigenvalue weighted by Crippen LogP contribution is 2.41. The molecule has 3 heteroatoms. The number of hydrogen-bond donors (Lipinski definition) is 1. The van der Waals surface area contributed by atoms with E-state index in [1.165, 1.54) is 50.9 Å². The van der Waals surface area contributed by atoms with Crippen molar-refractivity contribution in [2.24, 2.45) is 5.92 Å². The summed E-state index contributed by atoms with van der Waals surface area (Å²) in [5, 5.41) is 4.59. The van der Waals surface area contributed by atoms with Gasteiger partial charge in [-0.2, -0.15) is 0 Å². The zero-order valence-corrected chi connectivity index (χ0v) is 12.2. The molecule has 2 nitrogen and oxygen atoms in total. The predicted octanol–water partition coefficient (Wildman–Crippen LogP) is 3.48. The molecule has 1 atom stereocenters. The fourth-order valence-corrected chi connectivity index (χ4v) is 3.17. The normalized spacial score (nSPS) is 21.7. The molecule has 104 valence electrons. The summed E-state index contributed by atoms with van der Waals surface area (Å²) in [6.45, 7) is 4.87. The SMILES string of the molecule is Clc1ccc(C(NCCN2CCCC2)C2CC2)cc1. The van der Waals surface area contributed by atoms with Crippen LogP contribution in [-0.4, -0.2) is 31.1 Å². The summed E-state index contributed by atoms with van der Waals surface area (Å²) < 4.78 is 0. The average Bonchev–Trinajstić information content (AvgIpc) is 3.13. The van der Waals surface area contributed by atoms with Crippen molar-refractivity contribution in [1.29, 1.82) is 0 Å². The maximum atomic E-state index is 5.97. The second-order valence-electron chi connectivity index (χ2n) is 5.87. The summed E-state index contributed by atoms with van der Waals surface area (Å²) in [6, 6.07) is 8.89. The molecular formula is C16H23ClN2. The van der Waals surface area contributed by atoms with Crippen LogP contribution >= 0.6 is 11.6 Å². The van der Waals surface area contributed by atoms with Crippen LogP contribution in [0.4, 0.5) is 0 Å². The van der Waals surface area contributed by atoms with Gasteiger partial charge < -0.3 is 10.2 Å². The highest BCUT2D eigenvalue weighted by atomic mass is 35.5. The molecular weight excluding hydrogens is 256 g/mol. The Morgan fingerprint density at radius 1 is 1.16 bits per heavy atom. The lowest BCUT2D eigenvalue weighted by Crippen LogP contribution is -2.33. The van der Waals surface area contributed by atoms with Gasteiger partial charge in [0.2, 0.25) is 0 Å². The van der Waals surface area contributed by atoms with Gasteiger partial charge in [-0.05, 0) is 62.4 Å². The van der Waals surface area contributed by atoms with Crippen LogP contribution in [0, 0.1) is 5.92 Å². The first kappa shape index (κ1) is 13.4. The number of halogens is 1. The van der Waals surface area contributed by atoms with Crippen molar-refractivity contribution >= 4 is 11.6 Å². The van der Waals surface area contributed by atoms with Gasteiger partial charge >= 0.3 is 0 Å². The highest BCUT2D eigenvalue weighted by Gasteiger charge is 2.31. The van der Waals surface area contributed by atoms with Crippen molar-refractivity contribution in [3.63, 3.8) is 0 Å². The highest BCUT2D eigenvalue weighted by molar-refractivity contribution is 6.30. The van der Waals surface area contributed by atoms with Crippen molar-refractivity contribution in [2.45, 2.75) is 31.7 Å². The topological polar surface area (TPSA) is 15.3 Å². The van der Waals surface area contributed by atoms with Crippen molar-refractivity contribution in [3.05, 3.63) is 34.9 Å². The Labute approximate surface area is 121 Å². The third kappa shape index (κ3) is 3.71. The average molecular weight is 279 g/mol. The van der Waals surface area contributed by atoms with E-state index in [0.717, 1.165) is 17.5 Å². The minimum Gasteiger partial charge on any atom is -0.308 e. The van der Waals surface area contributed by atoms with Crippen molar-refractivity contribution in [2.75, 3.05) is 26.2 Å². The molecule has 3 rings (SSSR count). The fourth-order valence-electron chi connectivity index (χ4n) is 3.04. The third-order valence-corrected chi connectivity index (χ3v) is 4.57. The summed E-state index contributed by atoms with van der Waals surface area (Å²) in [5.74, 6) is 0.833. The van der Waals surface area contributed by atoms with E-state index in [9.17, 15) is 0 Å². The van der Waals surface area contributed by atoms with E-state index in [2.05, 4.69) is 22.3 Å². The van der Waals surface area contributed by atoms with Crippen molar-refractivity contribution in [1.82, 2.24) is 10.2 Å². The van der Waals surface area contributed by atoms with Gasteiger partial charge in [0.25, 0.3) is 0 Å². The van der Waals surface area contributed by atoms with E-state index in [-0.39, 0.29) is 0 Å².